The van der Waals surface area contributed by atoms with Crippen LogP contribution in [0.5, 0.6) is 0 Å². The van der Waals surface area contributed by atoms with Crippen molar-refractivity contribution in [3.63, 3.8) is 0 Å². The lowest BCUT2D eigenvalue weighted by atomic mass is 9.60. The van der Waals surface area contributed by atoms with Gasteiger partial charge in [-0.1, -0.05) is 6.58 Å². The molecule has 4 aliphatic rings. The Bertz CT molecular complexity index is 380. The van der Waals surface area contributed by atoms with Crippen molar-refractivity contribution in [1.82, 2.24) is 0 Å². The van der Waals surface area contributed by atoms with Crippen LogP contribution in [0.4, 0.5) is 0 Å². The Morgan fingerprint density at radius 1 is 1.26 bits per heavy atom. The van der Waals surface area contributed by atoms with Gasteiger partial charge in [0.2, 0.25) is 0 Å². The number of esters is 2. The maximum absolute atomic E-state index is 11.4. The fourth-order valence-electron chi connectivity index (χ4n) is 3.63. The van der Waals surface area contributed by atoms with Crippen LogP contribution >= 0.6 is 0 Å². The van der Waals surface area contributed by atoms with Gasteiger partial charge in [0.25, 0.3) is 0 Å². The first-order valence-corrected chi connectivity index (χ1v) is 6.95. The van der Waals surface area contributed by atoms with Gasteiger partial charge in [0.05, 0.1) is 19.6 Å². The molecule has 0 spiro atoms. The summed E-state index contributed by atoms with van der Waals surface area (Å²) in [5.41, 5.74) is 0.433. The maximum atomic E-state index is 11.4. The van der Waals surface area contributed by atoms with Crippen molar-refractivity contribution in [3.8, 4) is 0 Å². The first-order chi connectivity index (χ1) is 9.04. The van der Waals surface area contributed by atoms with Gasteiger partial charge < -0.3 is 9.47 Å². The predicted octanol–water partition coefficient (Wildman–Crippen LogP) is 2.33. The standard InChI is InChI=1S/C10H14O2.C5H8O2/c11-10-9-7-3-1-6(2-4-7)8(9)5-12-10;1-4(2)5(6)7-3/h6-9H,1-5H2;1H2,2-3H3. The third kappa shape index (κ3) is 2.82. The number of cyclic esters (lactones) is 1. The van der Waals surface area contributed by atoms with Gasteiger partial charge in [0.1, 0.15) is 0 Å². The molecule has 4 fully saturated rings. The lowest BCUT2D eigenvalue weighted by molar-refractivity contribution is -0.144. The largest absolute Gasteiger partial charge is 0.466 e. The quantitative estimate of drug-likeness (QED) is 0.540. The summed E-state index contributed by atoms with van der Waals surface area (Å²) < 4.78 is 9.41. The minimum atomic E-state index is -0.347. The molecule has 2 bridgehead atoms. The van der Waals surface area contributed by atoms with Crippen LogP contribution in [0.2, 0.25) is 0 Å². The second-order valence-corrected chi connectivity index (χ2v) is 5.77. The smallest absolute Gasteiger partial charge is 0.332 e. The predicted molar refractivity (Wildman–Crippen MR) is 70.2 cm³/mol. The Morgan fingerprint density at radius 2 is 1.84 bits per heavy atom. The Balaban J connectivity index is 0.000000167. The number of rotatable bonds is 1. The zero-order chi connectivity index (χ0) is 14.0. The van der Waals surface area contributed by atoms with Crippen LogP contribution in [-0.4, -0.2) is 25.7 Å². The average molecular weight is 266 g/mol. The van der Waals surface area contributed by atoms with E-state index < -0.39 is 0 Å². The van der Waals surface area contributed by atoms with Gasteiger partial charge in [-0.25, -0.2) is 4.79 Å². The zero-order valence-electron chi connectivity index (χ0n) is 11.7. The molecule has 3 saturated carbocycles. The van der Waals surface area contributed by atoms with Crippen molar-refractivity contribution < 1.29 is 19.1 Å². The molecule has 106 valence electrons. The highest BCUT2D eigenvalue weighted by molar-refractivity contribution is 5.86. The first-order valence-electron chi connectivity index (χ1n) is 6.95. The number of carbonyl (C=O) groups excluding carboxylic acids is 2. The first kappa shape index (κ1) is 14.1. The number of ether oxygens (including phenoxy) is 2. The van der Waals surface area contributed by atoms with Crippen molar-refractivity contribution in [2.75, 3.05) is 13.7 Å². The minimum Gasteiger partial charge on any atom is -0.466 e. The Kier molecular flexibility index (Phi) is 4.27. The van der Waals surface area contributed by atoms with E-state index in [-0.39, 0.29) is 11.9 Å². The lowest BCUT2D eigenvalue weighted by Crippen LogP contribution is -2.40. The van der Waals surface area contributed by atoms with Gasteiger partial charge in [0, 0.05) is 11.5 Å². The number of hydrogen-bond acceptors (Lipinski definition) is 4. The van der Waals surface area contributed by atoms with E-state index in [2.05, 4.69) is 11.3 Å². The van der Waals surface area contributed by atoms with Crippen molar-refractivity contribution in [2.45, 2.75) is 32.6 Å². The second kappa shape index (κ2) is 5.76. The highest BCUT2D eigenvalue weighted by Gasteiger charge is 2.51. The molecule has 0 aromatic rings. The molecule has 2 atom stereocenters. The number of fused-ring (bicyclic) bond motifs is 2. The van der Waals surface area contributed by atoms with Crippen LogP contribution in [0.3, 0.4) is 0 Å². The summed E-state index contributed by atoms with van der Waals surface area (Å²) in [4.78, 5) is 21.6. The molecule has 0 radical (unpaired) electrons. The molecular weight excluding hydrogens is 244 g/mol. The monoisotopic (exact) mass is 266 g/mol. The summed E-state index contributed by atoms with van der Waals surface area (Å²) in [5.74, 6) is 2.15. The molecule has 4 rings (SSSR count). The van der Waals surface area contributed by atoms with Crippen molar-refractivity contribution >= 4 is 11.9 Å². The SMILES string of the molecule is C=C(C)C(=O)OC.O=C1OCC2C3CCC(CC3)C12. The molecule has 19 heavy (non-hydrogen) atoms. The summed E-state index contributed by atoms with van der Waals surface area (Å²) in [6, 6.07) is 0. The lowest BCUT2D eigenvalue weighted by Gasteiger charge is -2.42. The van der Waals surface area contributed by atoms with Crippen molar-refractivity contribution in [2.24, 2.45) is 23.7 Å². The Morgan fingerprint density at radius 3 is 2.26 bits per heavy atom. The highest BCUT2D eigenvalue weighted by Crippen LogP contribution is 2.51. The minimum absolute atomic E-state index is 0.106. The molecule has 1 aliphatic heterocycles. The van der Waals surface area contributed by atoms with Crippen LogP contribution in [0.1, 0.15) is 32.6 Å². The van der Waals surface area contributed by atoms with Gasteiger partial charge >= 0.3 is 11.9 Å². The highest BCUT2D eigenvalue weighted by atomic mass is 16.5. The molecule has 0 amide bonds. The van der Waals surface area contributed by atoms with Crippen molar-refractivity contribution in [3.05, 3.63) is 12.2 Å². The van der Waals surface area contributed by atoms with E-state index in [9.17, 15) is 9.59 Å². The molecule has 1 heterocycles. The van der Waals surface area contributed by atoms with Crippen molar-refractivity contribution in [1.29, 1.82) is 0 Å². The van der Waals surface area contributed by atoms with Crippen LogP contribution in [0, 0.1) is 23.7 Å². The third-order valence-corrected chi connectivity index (χ3v) is 4.62. The third-order valence-electron chi connectivity index (χ3n) is 4.62. The van der Waals surface area contributed by atoms with Gasteiger partial charge in [-0.05, 0) is 44.4 Å². The molecule has 0 aromatic carbocycles. The van der Waals surface area contributed by atoms with E-state index in [1.165, 1.54) is 32.8 Å². The molecule has 4 heteroatoms. The number of carbonyl (C=O) groups is 2. The summed E-state index contributed by atoms with van der Waals surface area (Å²) in [6.07, 6.45) is 5.26. The molecule has 3 aliphatic carbocycles. The molecule has 1 saturated heterocycles. The van der Waals surface area contributed by atoms with Crippen LogP contribution in [0.25, 0.3) is 0 Å². The summed E-state index contributed by atoms with van der Waals surface area (Å²) in [5, 5.41) is 0. The average Bonchev–Trinajstić information content (AvgIpc) is 2.84. The maximum Gasteiger partial charge on any atom is 0.332 e. The van der Waals surface area contributed by atoms with Crippen LogP contribution in [0.15, 0.2) is 12.2 Å². The van der Waals surface area contributed by atoms with Gasteiger partial charge in [-0.3, -0.25) is 4.79 Å². The fraction of sp³-hybridized carbons (Fsp3) is 0.733. The van der Waals surface area contributed by atoms with E-state index >= 15 is 0 Å². The topological polar surface area (TPSA) is 52.6 Å². The second-order valence-electron chi connectivity index (χ2n) is 5.77. The van der Waals surface area contributed by atoms with E-state index in [1.54, 1.807) is 6.92 Å². The van der Waals surface area contributed by atoms with E-state index in [1.807, 2.05) is 0 Å². The molecule has 4 nitrogen and oxygen atoms in total. The van der Waals surface area contributed by atoms with Gasteiger partial charge in [0.15, 0.2) is 0 Å². The van der Waals surface area contributed by atoms with Crippen LogP contribution < -0.4 is 0 Å². The van der Waals surface area contributed by atoms with Gasteiger partial charge in [-0.15, -0.1) is 0 Å². The van der Waals surface area contributed by atoms with Gasteiger partial charge in [-0.2, -0.15) is 0 Å². The summed E-state index contributed by atoms with van der Waals surface area (Å²) in [6.45, 7) is 5.68. The van der Waals surface area contributed by atoms with E-state index in [0.717, 1.165) is 12.5 Å². The van der Waals surface area contributed by atoms with E-state index in [0.29, 0.717) is 23.3 Å². The molecule has 0 aromatic heterocycles. The fourth-order valence-corrected chi connectivity index (χ4v) is 3.63. The molecular formula is C15H22O4. The summed E-state index contributed by atoms with van der Waals surface area (Å²) in [7, 11) is 1.33. The Hall–Kier alpha value is -1.32. The molecule has 0 N–H and O–H groups in total. The molecule has 2 unspecified atom stereocenters. The summed E-state index contributed by atoms with van der Waals surface area (Å²) >= 11 is 0. The normalized spacial score (nSPS) is 34.7. The van der Waals surface area contributed by atoms with E-state index in [4.69, 9.17) is 4.74 Å². The Labute approximate surface area is 114 Å². The zero-order valence-corrected chi connectivity index (χ0v) is 11.7. The number of hydrogen-bond donors (Lipinski definition) is 0. The van der Waals surface area contributed by atoms with Crippen LogP contribution in [-0.2, 0) is 19.1 Å². The number of methoxy groups -OCH3 is 1.